The maximum atomic E-state index is 14.1. The number of carbonyl (C=O) groups is 4. The predicted molar refractivity (Wildman–Crippen MR) is 143 cm³/mol. The fourth-order valence-corrected chi connectivity index (χ4v) is 7.53. The minimum atomic E-state index is -0.949. The molecule has 1 N–H and O–H groups in total. The van der Waals surface area contributed by atoms with Crippen LogP contribution in [0.4, 0.5) is 5.69 Å². The second-order valence-corrected chi connectivity index (χ2v) is 10.8. The largest absolute Gasteiger partial charge is 0.292 e. The number of hydrazine groups is 1. The number of nitriles is 1. The van der Waals surface area contributed by atoms with E-state index in [2.05, 4.69) is 5.43 Å². The highest BCUT2D eigenvalue weighted by Crippen LogP contribution is 2.59. The van der Waals surface area contributed by atoms with Gasteiger partial charge in [0.2, 0.25) is 11.8 Å². The van der Waals surface area contributed by atoms with Gasteiger partial charge in [-0.3, -0.25) is 29.5 Å². The van der Waals surface area contributed by atoms with Crippen LogP contribution < -0.4 is 10.3 Å². The molecule has 8 rings (SSSR count). The summed E-state index contributed by atoms with van der Waals surface area (Å²) in [6.45, 7) is 0. The lowest BCUT2D eigenvalue weighted by molar-refractivity contribution is -0.165. The van der Waals surface area contributed by atoms with Gasteiger partial charge in [0.1, 0.15) is 16.7 Å². The number of benzene rings is 3. The first-order chi connectivity index (χ1) is 19.0. The Bertz CT molecular complexity index is 1630. The van der Waals surface area contributed by atoms with Crippen molar-refractivity contribution >= 4 is 41.1 Å². The molecule has 3 aromatic rings. The molecule has 190 valence electrons. The molecule has 0 aromatic heterocycles. The molecule has 4 amide bonds. The smallest absolute Gasteiger partial charge is 0.273 e. The van der Waals surface area contributed by atoms with E-state index < -0.39 is 35.5 Å². The van der Waals surface area contributed by atoms with Crippen LogP contribution in [0.5, 0.6) is 0 Å². The molecule has 2 atom stereocenters. The average Bonchev–Trinajstić information content (AvgIpc) is 3.36. The monoisotopic (exact) mass is 532 g/mol. The highest BCUT2D eigenvalue weighted by atomic mass is 32.2. The molecule has 0 saturated carbocycles. The van der Waals surface area contributed by atoms with E-state index in [-0.39, 0.29) is 28.2 Å². The number of anilines is 1. The van der Waals surface area contributed by atoms with Crippen LogP contribution in [0.2, 0.25) is 0 Å². The van der Waals surface area contributed by atoms with E-state index in [1.807, 2.05) is 54.6 Å². The summed E-state index contributed by atoms with van der Waals surface area (Å²) in [5.74, 6) is -4.39. The molecule has 2 heterocycles. The van der Waals surface area contributed by atoms with Gasteiger partial charge in [0.25, 0.3) is 11.8 Å². The fourth-order valence-electron chi connectivity index (χ4n) is 6.52. The molecule has 2 fully saturated rings. The Morgan fingerprint density at radius 3 is 1.92 bits per heavy atom. The van der Waals surface area contributed by atoms with Gasteiger partial charge < -0.3 is 0 Å². The second-order valence-electron chi connectivity index (χ2n) is 9.86. The van der Waals surface area contributed by atoms with Crippen molar-refractivity contribution in [3.05, 3.63) is 112 Å². The lowest BCUT2D eigenvalue weighted by Crippen LogP contribution is -2.65. The third-order valence-electron chi connectivity index (χ3n) is 8.01. The number of nitrogens with one attached hydrogen (secondary N) is 1. The van der Waals surface area contributed by atoms with Crippen molar-refractivity contribution in [3.8, 4) is 6.07 Å². The van der Waals surface area contributed by atoms with Gasteiger partial charge in [-0.25, -0.2) is 0 Å². The summed E-state index contributed by atoms with van der Waals surface area (Å²) in [5, 5.41) is 10.9. The minimum Gasteiger partial charge on any atom is -0.273 e. The van der Waals surface area contributed by atoms with Crippen LogP contribution in [-0.4, -0.2) is 34.4 Å². The molecule has 2 saturated heterocycles. The zero-order valence-corrected chi connectivity index (χ0v) is 21.2. The quantitative estimate of drug-likeness (QED) is 0.400. The highest BCUT2D eigenvalue weighted by Gasteiger charge is 2.59. The third kappa shape index (κ3) is 3.25. The first-order valence-corrected chi connectivity index (χ1v) is 13.5. The SMILES string of the molecule is N#C/C(C(=O)N1NC(=O)C2C3c4ccccc4C(c4ccccc43)C2C1=O)=C1\SCC(=O)N1c1ccccc1. The van der Waals surface area contributed by atoms with Crippen molar-refractivity contribution in [1.82, 2.24) is 10.4 Å². The van der Waals surface area contributed by atoms with Crippen LogP contribution in [0, 0.1) is 23.2 Å². The van der Waals surface area contributed by atoms with Crippen LogP contribution in [-0.2, 0) is 19.2 Å². The van der Waals surface area contributed by atoms with Crippen molar-refractivity contribution in [2.75, 3.05) is 10.7 Å². The number of hydrogen-bond donors (Lipinski definition) is 1. The van der Waals surface area contributed by atoms with Crippen molar-refractivity contribution in [2.45, 2.75) is 11.8 Å². The summed E-state index contributed by atoms with van der Waals surface area (Å²) in [4.78, 5) is 55.6. The first kappa shape index (κ1) is 23.4. The number of nitrogens with zero attached hydrogens (tertiary/aromatic N) is 3. The second kappa shape index (κ2) is 8.68. The van der Waals surface area contributed by atoms with Gasteiger partial charge in [-0.15, -0.1) is 0 Å². The topological polar surface area (TPSA) is 111 Å². The predicted octanol–water partition coefficient (Wildman–Crippen LogP) is 3.42. The lowest BCUT2D eigenvalue weighted by Gasteiger charge is -2.52. The Morgan fingerprint density at radius 2 is 1.36 bits per heavy atom. The molecule has 0 radical (unpaired) electrons. The molecular formula is C30H20N4O4S. The summed E-state index contributed by atoms with van der Waals surface area (Å²) < 4.78 is 0. The molecule has 3 aromatic carbocycles. The lowest BCUT2D eigenvalue weighted by atomic mass is 9.53. The Hall–Kier alpha value is -4.68. The van der Waals surface area contributed by atoms with Crippen LogP contribution >= 0.6 is 11.8 Å². The third-order valence-corrected chi connectivity index (χ3v) is 9.06. The van der Waals surface area contributed by atoms with Gasteiger partial charge in [-0.05, 0) is 34.4 Å². The number of carbonyl (C=O) groups excluding carboxylic acids is 4. The first-order valence-electron chi connectivity index (χ1n) is 12.5. The Morgan fingerprint density at radius 1 is 0.821 bits per heavy atom. The summed E-state index contributed by atoms with van der Waals surface area (Å²) >= 11 is 1.06. The van der Waals surface area contributed by atoms with Gasteiger partial charge in [0.05, 0.1) is 17.6 Å². The van der Waals surface area contributed by atoms with Crippen LogP contribution in [0.25, 0.3) is 0 Å². The minimum absolute atomic E-state index is 0.0466. The van der Waals surface area contributed by atoms with E-state index in [0.717, 1.165) is 34.0 Å². The molecule has 2 bridgehead atoms. The number of hydrogen-bond acceptors (Lipinski definition) is 6. The van der Waals surface area contributed by atoms with E-state index in [9.17, 15) is 24.4 Å². The summed E-state index contributed by atoms with van der Waals surface area (Å²) in [6, 6.07) is 26.3. The summed E-state index contributed by atoms with van der Waals surface area (Å²) in [7, 11) is 0. The van der Waals surface area contributed by atoms with Crippen LogP contribution in [0.3, 0.4) is 0 Å². The summed E-state index contributed by atoms with van der Waals surface area (Å²) in [6.07, 6.45) is 0. The van der Waals surface area contributed by atoms with E-state index >= 15 is 0 Å². The van der Waals surface area contributed by atoms with Gasteiger partial charge in [-0.2, -0.15) is 10.3 Å². The van der Waals surface area contributed by atoms with E-state index in [0.29, 0.717) is 10.7 Å². The maximum absolute atomic E-state index is 14.1. The van der Waals surface area contributed by atoms with Crippen LogP contribution in [0.1, 0.15) is 34.1 Å². The molecule has 9 heteroatoms. The number of amides is 4. The zero-order chi connectivity index (χ0) is 26.8. The van der Waals surface area contributed by atoms with Crippen LogP contribution in [0.15, 0.2) is 89.5 Å². The molecule has 2 unspecified atom stereocenters. The highest BCUT2D eigenvalue weighted by molar-refractivity contribution is 8.04. The molecule has 39 heavy (non-hydrogen) atoms. The van der Waals surface area contributed by atoms with Gasteiger partial charge in [-0.1, -0.05) is 78.5 Å². The van der Waals surface area contributed by atoms with Crippen molar-refractivity contribution in [2.24, 2.45) is 11.8 Å². The van der Waals surface area contributed by atoms with Gasteiger partial charge in [0.15, 0.2) is 0 Å². The molecule has 3 aliphatic carbocycles. The fraction of sp³-hybridized carbons (Fsp3) is 0.167. The van der Waals surface area contributed by atoms with Crippen molar-refractivity contribution in [1.29, 1.82) is 5.26 Å². The van der Waals surface area contributed by atoms with E-state index in [4.69, 9.17) is 0 Å². The molecule has 0 spiro atoms. The number of rotatable bonds is 2. The Labute approximate surface area is 227 Å². The van der Waals surface area contributed by atoms with Gasteiger partial charge in [0, 0.05) is 17.5 Å². The normalized spacial score (nSPS) is 25.9. The van der Waals surface area contributed by atoms with E-state index in [1.165, 1.54) is 4.90 Å². The number of imide groups is 1. The maximum Gasteiger partial charge on any atom is 0.292 e. The Kier molecular flexibility index (Phi) is 5.22. The molecule has 2 aliphatic heterocycles. The molecule has 8 nitrogen and oxygen atoms in total. The summed E-state index contributed by atoms with van der Waals surface area (Å²) in [5.41, 5.74) is 6.64. The van der Waals surface area contributed by atoms with Crippen molar-refractivity contribution in [3.63, 3.8) is 0 Å². The molecule has 5 aliphatic rings. The Balaban J connectivity index is 1.31. The molecular weight excluding hydrogens is 512 g/mol. The standard InChI is InChI=1S/C30H20N4O4S/c31-14-21(30-33(22(35)15-39-30)16-8-2-1-3-9-16)28(37)34-29(38)26-24-19-12-6-4-10-17(19)23(25(26)27(36)32-34)18-11-5-7-13-20(18)24/h1-13,23-26H,15H2,(H,32,36)/b30-21+. The van der Waals surface area contributed by atoms with Gasteiger partial charge >= 0.3 is 0 Å². The average molecular weight is 533 g/mol. The zero-order valence-electron chi connectivity index (χ0n) is 20.4. The van der Waals surface area contributed by atoms with Crippen molar-refractivity contribution < 1.29 is 19.2 Å². The number of para-hydroxylation sites is 1. The number of thioether (sulfide) groups is 1. The van der Waals surface area contributed by atoms with E-state index in [1.54, 1.807) is 30.3 Å².